The molecule has 1 N–H and O–H groups in total. The van der Waals surface area contributed by atoms with E-state index >= 15 is 0 Å². The van der Waals surface area contributed by atoms with Gasteiger partial charge in [0.15, 0.2) is 0 Å². The first kappa shape index (κ1) is 23.5. The van der Waals surface area contributed by atoms with Gasteiger partial charge >= 0.3 is 0 Å². The van der Waals surface area contributed by atoms with Crippen molar-refractivity contribution in [2.24, 2.45) is 0 Å². The Kier molecular flexibility index (Phi) is 18.4. The van der Waals surface area contributed by atoms with Gasteiger partial charge in [-0.2, -0.15) is 0 Å². The molecule has 0 radical (unpaired) electrons. The first-order chi connectivity index (χ1) is 11.7. The molecule has 0 aromatic heterocycles. The Morgan fingerprint density at radius 1 is 0.625 bits per heavy atom. The van der Waals surface area contributed by atoms with E-state index in [9.17, 15) is 4.79 Å². The fraction of sp³-hybridized carbons (Fsp3) is 0.955. The molecule has 0 aromatic carbocycles. The Morgan fingerprint density at radius 2 is 1.00 bits per heavy atom. The molecule has 0 bridgehead atoms. The molecule has 0 aliphatic heterocycles. The minimum atomic E-state index is 0.222. The smallest absolute Gasteiger partial charge is 0.219 e. The molecule has 0 rings (SSSR count). The number of carbonyl (C=O) groups excluding carboxylic acids is 1. The van der Waals surface area contributed by atoms with E-state index in [0.717, 1.165) is 6.42 Å². The highest BCUT2D eigenvalue weighted by Crippen LogP contribution is 2.14. The van der Waals surface area contributed by atoms with Crippen LogP contribution in [0.5, 0.6) is 0 Å². The van der Waals surface area contributed by atoms with Crippen molar-refractivity contribution >= 4 is 5.91 Å². The monoisotopic (exact) mass is 339 g/mol. The second-order valence-corrected chi connectivity index (χ2v) is 7.44. The third-order valence-electron chi connectivity index (χ3n) is 5.00. The lowest BCUT2D eigenvalue weighted by Gasteiger charge is -2.18. The summed E-state index contributed by atoms with van der Waals surface area (Å²) in [5.41, 5.74) is 0. The van der Waals surface area contributed by atoms with Crippen LogP contribution < -0.4 is 5.32 Å². The van der Waals surface area contributed by atoms with E-state index in [1.807, 2.05) is 6.92 Å². The van der Waals surface area contributed by atoms with Crippen LogP contribution in [0.15, 0.2) is 0 Å². The van der Waals surface area contributed by atoms with Gasteiger partial charge in [0, 0.05) is 12.5 Å². The molecule has 0 saturated carbocycles. The second-order valence-electron chi connectivity index (χ2n) is 7.44. The largest absolute Gasteiger partial charge is 0.353 e. The summed E-state index contributed by atoms with van der Waals surface area (Å²) in [4.78, 5) is 11.6. The number of carbonyl (C=O) groups is 1. The third-order valence-corrected chi connectivity index (χ3v) is 5.00. The SMILES string of the molecule is CCCCCCCCCCCCCC(CCCCC)NC(=O)CC. The third kappa shape index (κ3) is 16.3. The number of hydrogen-bond acceptors (Lipinski definition) is 1. The lowest BCUT2D eigenvalue weighted by atomic mass is 10.0. The van der Waals surface area contributed by atoms with Crippen LogP contribution in [0.2, 0.25) is 0 Å². The molecule has 144 valence electrons. The average Bonchev–Trinajstić information content (AvgIpc) is 2.59. The molecule has 0 heterocycles. The second kappa shape index (κ2) is 18.8. The summed E-state index contributed by atoms with van der Waals surface area (Å²) >= 11 is 0. The average molecular weight is 340 g/mol. The molecule has 1 atom stereocenters. The van der Waals surface area contributed by atoms with Crippen molar-refractivity contribution in [2.75, 3.05) is 0 Å². The molecule has 0 saturated heterocycles. The van der Waals surface area contributed by atoms with Gasteiger partial charge in [0.05, 0.1) is 0 Å². The first-order valence-electron chi connectivity index (χ1n) is 11.0. The Morgan fingerprint density at radius 3 is 1.46 bits per heavy atom. The first-order valence-corrected chi connectivity index (χ1v) is 11.0. The van der Waals surface area contributed by atoms with E-state index in [0.29, 0.717) is 12.5 Å². The van der Waals surface area contributed by atoms with Gasteiger partial charge < -0.3 is 5.32 Å². The van der Waals surface area contributed by atoms with Crippen LogP contribution in [-0.4, -0.2) is 11.9 Å². The Labute approximate surface area is 152 Å². The van der Waals surface area contributed by atoms with Crippen molar-refractivity contribution in [3.63, 3.8) is 0 Å². The minimum absolute atomic E-state index is 0.222. The summed E-state index contributed by atoms with van der Waals surface area (Å²) in [5.74, 6) is 0.222. The van der Waals surface area contributed by atoms with Gasteiger partial charge in [-0.05, 0) is 12.8 Å². The molecule has 2 heteroatoms. The molecule has 24 heavy (non-hydrogen) atoms. The Balaban J connectivity index is 3.55. The Bertz CT molecular complexity index is 265. The van der Waals surface area contributed by atoms with Gasteiger partial charge in [0.1, 0.15) is 0 Å². The summed E-state index contributed by atoms with van der Waals surface area (Å²) in [6, 6.07) is 0.419. The zero-order valence-electron chi connectivity index (χ0n) is 17.0. The number of hydrogen-bond donors (Lipinski definition) is 1. The summed E-state index contributed by atoms with van der Waals surface area (Å²) < 4.78 is 0. The van der Waals surface area contributed by atoms with Gasteiger partial charge in [-0.3, -0.25) is 4.79 Å². The van der Waals surface area contributed by atoms with Crippen LogP contribution in [0.4, 0.5) is 0 Å². The molecular weight excluding hydrogens is 294 g/mol. The maximum absolute atomic E-state index is 11.6. The van der Waals surface area contributed by atoms with Gasteiger partial charge in [-0.15, -0.1) is 0 Å². The fourth-order valence-corrected chi connectivity index (χ4v) is 3.31. The lowest BCUT2D eigenvalue weighted by molar-refractivity contribution is -0.121. The molecule has 0 spiro atoms. The zero-order chi connectivity index (χ0) is 17.9. The zero-order valence-corrected chi connectivity index (χ0v) is 17.0. The topological polar surface area (TPSA) is 29.1 Å². The highest BCUT2D eigenvalue weighted by Gasteiger charge is 2.10. The molecule has 1 amide bonds. The van der Waals surface area contributed by atoms with Crippen molar-refractivity contribution in [1.82, 2.24) is 5.32 Å². The van der Waals surface area contributed by atoms with Crippen LogP contribution in [0.3, 0.4) is 0 Å². The van der Waals surface area contributed by atoms with E-state index in [-0.39, 0.29) is 5.91 Å². The molecule has 0 aliphatic carbocycles. The van der Waals surface area contributed by atoms with Crippen LogP contribution in [0.25, 0.3) is 0 Å². The van der Waals surface area contributed by atoms with E-state index in [1.54, 1.807) is 0 Å². The maximum atomic E-state index is 11.6. The summed E-state index contributed by atoms with van der Waals surface area (Å²) in [5, 5.41) is 3.22. The highest BCUT2D eigenvalue weighted by atomic mass is 16.1. The van der Waals surface area contributed by atoms with Gasteiger partial charge in [0.25, 0.3) is 0 Å². The predicted octanol–water partition coefficient (Wildman–Crippen LogP) is 7.16. The normalized spacial score (nSPS) is 12.3. The van der Waals surface area contributed by atoms with Crippen molar-refractivity contribution in [2.45, 2.75) is 136 Å². The van der Waals surface area contributed by atoms with Crippen molar-refractivity contribution in [3.05, 3.63) is 0 Å². The molecule has 0 fully saturated rings. The maximum Gasteiger partial charge on any atom is 0.219 e. The van der Waals surface area contributed by atoms with Crippen LogP contribution >= 0.6 is 0 Å². The minimum Gasteiger partial charge on any atom is -0.353 e. The van der Waals surface area contributed by atoms with Crippen LogP contribution in [-0.2, 0) is 4.79 Å². The quantitative estimate of drug-likeness (QED) is 0.264. The van der Waals surface area contributed by atoms with Gasteiger partial charge in [-0.1, -0.05) is 111 Å². The molecular formula is C22H45NO. The van der Waals surface area contributed by atoms with E-state index in [4.69, 9.17) is 0 Å². The van der Waals surface area contributed by atoms with Crippen molar-refractivity contribution < 1.29 is 4.79 Å². The molecule has 1 unspecified atom stereocenters. The molecule has 0 aromatic rings. The van der Waals surface area contributed by atoms with E-state index in [2.05, 4.69) is 19.2 Å². The van der Waals surface area contributed by atoms with Crippen molar-refractivity contribution in [1.29, 1.82) is 0 Å². The lowest BCUT2D eigenvalue weighted by Crippen LogP contribution is -2.34. The van der Waals surface area contributed by atoms with Gasteiger partial charge in [-0.25, -0.2) is 0 Å². The highest BCUT2D eigenvalue weighted by molar-refractivity contribution is 5.75. The molecule has 2 nitrogen and oxygen atoms in total. The van der Waals surface area contributed by atoms with Crippen LogP contribution in [0, 0.1) is 0 Å². The summed E-state index contributed by atoms with van der Waals surface area (Å²) in [6.45, 7) is 6.46. The van der Waals surface area contributed by atoms with E-state index < -0.39 is 0 Å². The standard InChI is InChI=1S/C22H45NO/c1-4-7-9-10-11-12-13-14-15-16-18-20-21(19-17-8-5-2)23-22(24)6-3/h21H,4-20H2,1-3H3,(H,23,24). The number of unbranched alkanes of at least 4 members (excludes halogenated alkanes) is 12. The van der Waals surface area contributed by atoms with Crippen LogP contribution in [0.1, 0.15) is 130 Å². The van der Waals surface area contributed by atoms with E-state index in [1.165, 1.54) is 96.3 Å². The Hall–Kier alpha value is -0.530. The number of amides is 1. The summed E-state index contributed by atoms with van der Waals surface area (Å²) in [7, 11) is 0. The fourth-order valence-electron chi connectivity index (χ4n) is 3.31. The predicted molar refractivity (Wildman–Crippen MR) is 107 cm³/mol. The summed E-state index contributed by atoms with van der Waals surface area (Å²) in [6.07, 6.45) is 22.0. The number of rotatable bonds is 18. The molecule has 0 aliphatic rings. The van der Waals surface area contributed by atoms with Crippen molar-refractivity contribution in [3.8, 4) is 0 Å². The van der Waals surface area contributed by atoms with Gasteiger partial charge in [0.2, 0.25) is 5.91 Å². The number of nitrogens with one attached hydrogen (secondary N) is 1.